The van der Waals surface area contributed by atoms with Crippen LogP contribution in [0.5, 0.6) is 0 Å². The first-order chi connectivity index (χ1) is 11.3. The van der Waals surface area contributed by atoms with Crippen molar-refractivity contribution in [2.24, 2.45) is 0 Å². The number of benzene rings is 1. The number of nitro groups is 1. The van der Waals surface area contributed by atoms with E-state index in [1.165, 1.54) is 25.1 Å². The number of carboxylic acid groups (broad SMARTS) is 2. The summed E-state index contributed by atoms with van der Waals surface area (Å²) in [5.74, 6) is -4.86. The quantitative estimate of drug-likeness (QED) is 0.535. The topological polar surface area (TPSA) is 159 Å². The average molecular weight is 327 g/mol. The van der Waals surface area contributed by atoms with Gasteiger partial charge < -0.3 is 25.1 Å². The SMILES string of the molecule is CC1=C(C(=O)[O-])C(c2cccc([N+](=O)[O-])c2)C(C(=O)[O-])=C(C#N)N1. The van der Waals surface area contributed by atoms with Gasteiger partial charge in [0, 0.05) is 34.9 Å². The Bertz CT molecular complexity index is 862. The molecule has 122 valence electrons. The summed E-state index contributed by atoms with van der Waals surface area (Å²) in [4.78, 5) is 33.2. The molecule has 9 nitrogen and oxygen atoms in total. The fourth-order valence-corrected chi connectivity index (χ4v) is 2.56. The molecule has 1 aromatic carbocycles. The second kappa shape index (κ2) is 6.21. The number of carboxylic acids is 2. The lowest BCUT2D eigenvalue weighted by Gasteiger charge is -2.32. The molecule has 9 heteroatoms. The molecule has 0 fully saturated rings. The molecule has 0 saturated heterocycles. The summed E-state index contributed by atoms with van der Waals surface area (Å²) in [6.07, 6.45) is 0. The van der Waals surface area contributed by atoms with Crippen molar-refractivity contribution in [3.8, 4) is 6.07 Å². The van der Waals surface area contributed by atoms with Crippen molar-refractivity contribution in [2.45, 2.75) is 12.8 Å². The van der Waals surface area contributed by atoms with Gasteiger partial charge in [0.2, 0.25) is 0 Å². The molecule has 0 amide bonds. The van der Waals surface area contributed by atoms with E-state index in [2.05, 4.69) is 5.32 Å². The molecular weight excluding hydrogens is 318 g/mol. The minimum Gasteiger partial charge on any atom is -0.545 e. The van der Waals surface area contributed by atoms with Crippen LogP contribution in [0.25, 0.3) is 0 Å². The molecule has 0 radical (unpaired) electrons. The van der Waals surface area contributed by atoms with Gasteiger partial charge in [0.1, 0.15) is 11.8 Å². The number of hydrogen-bond acceptors (Lipinski definition) is 8. The van der Waals surface area contributed by atoms with Gasteiger partial charge in [-0.1, -0.05) is 12.1 Å². The highest BCUT2D eigenvalue weighted by molar-refractivity contribution is 5.97. The number of nitrogens with one attached hydrogen (secondary N) is 1. The number of non-ortho nitro benzene ring substituents is 1. The molecule has 1 atom stereocenters. The Morgan fingerprint density at radius 3 is 2.38 bits per heavy atom. The highest BCUT2D eigenvalue weighted by Crippen LogP contribution is 2.38. The Morgan fingerprint density at radius 2 is 1.88 bits per heavy atom. The first-order valence-corrected chi connectivity index (χ1v) is 6.57. The number of nitrogens with zero attached hydrogens (tertiary/aromatic N) is 2. The first kappa shape index (κ1) is 16.7. The van der Waals surface area contributed by atoms with Crippen molar-refractivity contribution in [1.29, 1.82) is 5.26 Å². The van der Waals surface area contributed by atoms with E-state index in [9.17, 15) is 29.9 Å². The summed E-state index contributed by atoms with van der Waals surface area (Å²) in [5, 5.41) is 45.3. The van der Waals surface area contributed by atoms with Gasteiger partial charge in [0.15, 0.2) is 0 Å². The zero-order valence-electron chi connectivity index (χ0n) is 12.2. The average Bonchev–Trinajstić information content (AvgIpc) is 2.52. The molecular formula is C15H9N3O6-2. The number of dihydropyridines is 1. The van der Waals surface area contributed by atoms with Gasteiger partial charge in [0.05, 0.1) is 16.9 Å². The third-order valence-electron chi connectivity index (χ3n) is 3.53. The summed E-state index contributed by atoms with van der Waals surface area (Å²) in [6.45, 7) is 1.33. The van der Waals surface area contributed by atoms with Gasteiger partial charge >= 0.3 is 0 Å². The van der Waals surface area contributed by atoms with Gasteiger partial charge in [-0.3, -0.25) is 10.1 Å². The fraction of sp³-hybridized carbons (Fsp3) is 0.133. The van der Waals surface area contributed by atoms with Crippen molar-refractivity contribution in [2.75, 3.05) is 0 Å². The normalized spacial score (nSPS) is 17.1. The Morgan fingerprint density at radius 1 is 1.25 bits per heavy atom. The summed E-state index contributed by atoms with van der Waals surface area (Å²) < 4.78 is 0. The van der Waals surface area contributed by atoms with Gasteiger partial charge in [-0.2, -0.15) is 5.26 Å². The molecule has 0 bridgehead atoms. The maximum Gasteiger partial charge on any atom is 0.269 e. The number of carbonyl (C=O) groups excluding carboxylic acids is 2. The molecule has 1 N–H and O–H groups in total. The molecule has 1 aliphatic rings. The highest BCUT2D eigenvalue weighted by Gasteiger charge is 2.32. The predicted octanol–water partition coefficient (Wildman–Crippen LogP) is -1.17. The van der Waals surface area contributed by atoms with Crippen molar-refractivity contribution in [3.05, 3.63) is 62.5 Å². The molecule has 1 aliphatic heterocycles. The monoisotopic (exact) mass is 327 g/mol. The van der Waals surface area contributed by atoms with Gasteiger partial charge in [-0.05, 0) is 12.5 Å². The van der Waals surface area contributed by atoms with Crippen molar-refractivity contribution < 1.29 is 24.7 Å². The Hall–Kier alpha value is -3.67. The van der Waals surface area contributed by atoms with E-state index in [4.69, 9.17) is 5.26 Å². The third-order valence-corrected chi connectivity index (χ3v) is 3.53. The lowest BCUT2D eigenvalue weighted by Crippen LogP contribution is -2.40. The van der Waals surface area contributed by atoms with Gasteiger partial charge in [-0.25, -0.2) is 0 Å². The minimum atomic E-state index is -1.76. The van der Waals surface area contributed by atoms with E-state index in [-0.39, 0.29) is 16.9 Å². The minimum absolute atomic E-state index is 0.00746. The summed E-state index contributed by atoms with van der Waals surface area (Å²) >= 11 is 0. The molecule has 1 aromatic rings. The van der Waals surface area contributed by atoms with E-state index in [0.29, 0.717) is 0 Å². The molecule has 0 spiro atoms. The van der Waals surface area contributed by atoms with Crippen LogP contribution in [0.1, 0.15) is 18.4 Å². The fourth-order valence-electron chi connectivity index (χ4n) is 2.56. The van der Waals surface area contributed by atoms with E-state index < -0.39 is 39.6 Å². The number of allylic oxidation sites excluding steroid dienone is 2. The van der Waals surface area contributed by atoms with Crippen LogP contribution in [-0.4, -0.2) is 16.9 Å². The Balaban J connectivity index is 2.78. The van der Waals surface area contributed by atoms with Crippen LogP contribution < -0.4 is 15.5 Å². The molecule has 0 aliphatic carbocycles. The van der Waals surface area contributed by atoms with E-state index >= 15 is 0 Å². The molecule has 1 heterocycles. The summed E-state index contributed by atoms with van der Waals surface area (Å²) in [6, 6.07) is 6.47. The number of aliphatic carboxylic acids is 2. The Labute approximate surface area is 135 Å². The molecule has 24 heavy (non-hydrogen) atoms. The summed E-state index contributed by atoms with van der Waals surface area (Å²) in [7, 11) is 0. The second-order valence-corrected chi connectivity index (χ2v) is 4.92. The summed E-state index contributed by atoms with van der Waals surface area (Å²) in [5.41, 5.74) is -1.77. The van der Waals surface area contributed by atoms with E-state index in [1.54, 1.807) is 6.07 Å². The second-order valence-electron chi connectivity index (χ2n) is 4.92. The highest BCUT2D eigenvalue weighted by atomic mass is 16.6. The third kappa shape index (κ3) is 2.80. The maximum absolute atomic E-state index is 11.5. The van der Waals surface area contributed by atoms with Gasteiger partial charge in [0.25, 0.3) is 5.69 Å². The number of rotatable bonds is 4. The standard InChI is InChI=1S/C15H11N3O6/c1-7-11(14(19)20)12(13(15(21)22)10(6-16)17-7)8-3-2-4-9(5-8)18(23)24/h2-5,12,17H,1H3,(H,19,20)(H,21,22)/p-2. The molecule has 0 aromatic heterocycles. The zero-order valence-corrected chi connectivity index (χ0v) is 12.2. The lowest BCUT2D eigenvalue weighted by molar-refractivity contribution is -0.384. The molecule has 0 saturated carbocycles. The number of nitriles is 1. The van der Waals surface area contributed by atoms with Crippen LogP contribution in [0.2, 0.25) is 0 Å². The van der Waals surface area contributed by atoms with Gasteiger partial charge in [-0.15, -0.1) is 0 Å². The molecule has 2 rings (SSSR count). The van der Waals surface area contributed by atoms with E-state index in [0.717, 1.165) is 6.07 Å². The predicted molar refractivity (Wildman–Crippen MR) is 74.3 cm³/mol. The van der Waals surface area contributed by atoms with Crippen LogP contribution in [0, 0.1) is 21.4 Å². The van der Waals surface area contributed by atoms with Crippen molar-refractivity contribution in [3.63, 3.8) is 0 Å². The van der Waals surface area contributed by atoms with Crippen LogP contribution in [0.4, 0.5) is 5.69 Å². The van der Waals surface area contributed by atoms with E-state index in [1.807, 2.05) is 0 Å². The van der Waals surface area contributed by atoms with Crippen LogP contribution in [-0.2, 0) is 9.59 Å². The van der Waals surface area contributed by atoms with Crippen LogP contribution >= 0.6 is 0 Å². The smallest absolute Gasteiger partial charge is 0.269 e. The largest absolute Gasteiger partial charge is 0.545 e. The lowest BCUT2D eigenvalue weighted by atomic mass is 9.80. The van der Waals surface area contributed by atoms with Crippen molar-refractivity contribution in [1.82, 2.24) is 5.32 Å². The van der Waals surface area contributed by atoms with Crippen LogP contribution in [0.3, 0.4) is 0 Å². The van der Waals surface area contributed by atoms with Crippen LogP contribution in [0.15, 0.2) is 46.8 Å². The maximum atomic E-state index is 11.5. The number of hydrogen-bond donors (Lipinski definition) is 1. The number of carbonyl (C=O) groups is 2. The zero-order chi connectivity index (χ0) is 18.0. The first-order valence-electron chi connectivity index (χ1n) is 6.57. The molecule has 1 unspecified atom stereocenters. The van der Waals surface area contributed by atoms with Crippen molar-refractivity contribution >= 4 is 17.6 Å². The Kier molecular flexibility index (Phi) is 4.32. The number of nitro benzene ring substituents is 1.